The first-order chi connectivity index (χ1) is 28.1. The van der Waals surface area contributed by atoms with Crippen molar-refractivity contribution in [3.63, 3.8) is 0 Å². The first-order valence-electron chi connectivity index (χ1n) is 21.6. The average molecular weight is 834 g/mol. The molecule has 0 aromatic heterocycles. The van der Waals surface area contributed by atoms with E-state index in [1.54, 1.807) is 0 Å². The van der Waals surface area contributed by atoms with Gasteiger partial charge in [0.1, 0.15) is 12.6 Å². The van der Waals surface area contributed by atoms with Gasteiger partial charge in [0.05, 0.1) is 13.2 Å². The van der Waals surface area contributed by atoms with Gasteiger partial charge in [-0.1, -0.05) is 144 Å². The van der Waals surface area contributed by atoms with E-state index in [4.69, 9.17) is 24.8 Å². The number of phosphoric acid groups is 1. The van der Waals surface area contributed by atoms with Gasteiger partial charge >= 0.3 is 25.7 Å². The van der Waals surface area contributed by atoms with Gasteiger partial charge in [0, 0.05) is 12.8 Å². The fourth-order valence-electron chi connectivity index (χ4n) is 5.19. The van der Waals surface area contributed by atoms with Gasteiger partial charge in [-0.15, -0.1) is 0 Å². The lowest BCUT2D eigenvalue weighted by atomic mass is 10.1. The van der Waals surface area contributed by atoms with E-state index in [1.807, 2.05) is 6.08 Å². The van der Waals surface area contributed by atoms with Gasteiger partial charge in [0.15, 0.2) is 6.10 Å². The SMILES string of the molecule is CCC/C=C/C/C=C/C/C=C/C/C=C/CCCCCC(=O)O[C@H](COC(=O)CCC/C=C/C/C=C/C/C=C/CCCCCCCC)COP(=O)(O)OC[C@H](N)C(=O)O. The highest BCUT2D eigenvalue weighted by Crippen LogP contribution is 2.43. The minimum atomic E-state index is -4.74. The molecule has 0 heterocycles. The second kappa shape index (κ2) is 40.4. The lowest BCUT2D eigenvalue weighted by molar-refractivity contribution is -0.161. The summed E-state index contributed by atoms with van der Waals surface area (Å²) in [6, 6.07) is -1.54. The molecule has 0 radical (unpaired) electrons. The van der Waals surface area contributed by atoms with Crippen LogP contribution in [-0.4, -0.2) is 59.9 Å². The molecule has 0 saturated heterocycles. The van der Waals surface area contributed by atoms with E-state index in [9.17, 15) is 23.8 Å². The van der Waals surface area contributed by atoms with Crippen LogP contribution in [0.15, 0.2) is 85.1 Å². The molecular formula is C46H76NO10P. The molecule has 12 heteroatoms. The average Bonchev–Trinajstić information content (AvgIpc) is 3.20. The molecule has 0 rings (SSSR count). The highest BCUT2D eigenvalue weighted by molar-refractivity contribution is 7.47. The van der Waals surface area contributed by atoms with Crippen molar-refractivity contribution in [1.82, 2.24) is 0 Å². The van der Waals surface area contributed by atoms with Gasteiger partial charge in [-0.05, 0) is 83.5 Å². The molecule has 0 spiro atoms. The summed E-state index contributed by atoms with van der Waals surface area (Å²) in [5.74, 6) is -2.50. The number of carbonyl (C=O) groups is 3. The van der Waals surface area contributed by atoms with E-state index in [0.717, 1.165) is 64.2 Å². The van der Waals surface area contributed by atoms with Crippen LogP contribution < -0.4 is 5.73 Å². The molecule has 0 aliphatic carbocycles. The maximum atomic E-state index is 12.6. The second-order valence-electron chi connectivity index (χ2n) is 14.1. The number of hydrogen-bond donors (Lipinski definition) is 3. The highest BCUT2D eigenvalue weighted by atomic mass is 31.2. The van der Waals surface area contributed by atoms with E-state index in [0.29, 0.717) is 19.3 Å². The molecule has 1 unspecified atom stereocenters. The molecule has 0 saturated carbocycles. The standard InChI is InChI=1S/C46H76NO10P/c1-3-5-7-9-11-13-15-17-19-21-23-25-27-29-31-33-35-37-44(48)54-39-42(40-55-58(52,53)56-41-43(47)46(50)51)57-45(49)38-36-34-32-30-28-26-24-22-20-18-16-14-12-10-8-6-4-2/h8,10,14,16-17,19-20,22-23,25-26,28-29,31,42-43H,3-7,9,11-13,15,18,21,24,27,30,32-41,47H2,1-2H3,(H,50,51)(H,52,53)/b10-8+,16-14+,19-17+,22-20+,25-23+,28-26+,31-29+/t42-,43+/m1/s1. The zero-order chi connectivity index (χ0) is 42.8. The molecule has 0 aliphatic rings. The van der Waals surface area contributed by atoms with Crippen LogP contribution >= 0.6 is 7.82 Å². The number of rotatable bonds is 39. The maximum Gasteiger partial charge on any atom is 0.472 e. The van der Waals surface area contributed by atoms with Gasteiger partial charge in [-0.3, -0.25) is 23.4 Å². The van der Waals surface area contributed by atoms with Crippen molar-refractivity contribution >= 4 is 25.7 Å². The van der Waals surface area contributed by atoms with Gasteiger partial charge in [0.2, 0.25) is 0 Å². The number of ether oxygens (including phenoxy) is 2. The largest absolute Gasteiger partial charge is 0.480 e. The Morgan fingerprint density at radius 2 is 0.966 bits per heavy atom. The molecule has 0 aliphatic heterocycles. The van der Waals surface area contributed by atoms with Crippen LogP contribution in [-0.2, 0) is 37.5 Å². The number of esters is 2. The van der Waals surface area contributed by atoms with E-state index >= 15 is 0 Å². The molecule has 0 bridgehead atoms. The molecule has 330 valence electrons. The predicted octanol–water partition coefficient (Wildman–Crippen LogP) is 11.5. The van der Waals surface area contributed by atoms with Crippen LogP contribution in [0.25, 0.3) is 0 Å². The normalized spacial score (nSPS) is 14.6. The third-order valence-corrected chi connectivity index (χ3v) is 9.55. The molecule has 0 fully saturated rings. The third-order valence-electron chi connectivity index (χ3n) is 8.60. The lowest BCUT2D eigenvalue weighted by Crippen LogP contribution is -2.34. The molecule has 11 nitrogen and oxygen atoms in total. The summed E-state index contributed by atoms with van der Waals surface area (Å²) in [7, 11) is -4.74. The van der Waals surface area contributed by atoms with E-state index in [1.165, 1.54) is 44.9 Å². The number of allylic oxidation sites excluding steroid dienone is 14. The first kappa shape index (κ1) is 54.7. The zero-order valence-corrected chi connectivity index (χ0v) is 36.5. The van der Waals surface area contributed by atoms with E-state index in [2.05, 4.69) is 97.4 Å². The van der Waals surface area contributed by atoms with Crippen molar-refractivity contribution in [2.75, 3.05) is 19.8 Å². The number of carboxylic acids is 1. The summed E-state index contributed by atoms with van der Waals surface area (Å²) >= 11 is 0. The summed E-state index contributed by atoms with van der Waals surface area (Å²) in [6.07, 6.45) is 49.4. The minimum absolute atomic E-state index is 0.108. The summed E-state index contributed by atoms with van der Waals surface area (Å²) < 4.78 is 32.6. The predicted molar refractivity (Wildman–Crippen MR) is 235 cm³/mol. The van der Waals surface area contributed by atoms with E-state index < -0.39 is 51.1 Å². The van der Waals surface area contributed by atoms with Crippen LogP contribution in [0.4, 0.5) is 0 Å². The Bertz CT molecular complexity index is 1300. The van der Waals surface area contributed by atoms with Crippen LogP contribution in [0.3, 0.4) is 0 Å². The van der Waals surface area contributed by atoms with Crippen molar-refractivity contribution < 1.29 is 47.5 Å². The molecule has 0 amide bonds. The third kappa shape index (κ3) is 39.5. The lowest BCUT2D eigenvalue weighted by Gasteiger charge is -2.20. The number of phosphoric ester groups is 1. The van der Waals surface area contributed by atoms with Crippen LogP contribution in [0.2, 0.25) is 0 Å². The number of hydrogen-bond acceptors (Lipinski definition) is 9. The van der Waals surface area contributed by atoms with Gasteiger partial charge in [0.25, 0.3) is 0 Å². The monoisotopic (exact) mass is 834 g/mol. The topological polar surface area (TPSA) is 172 Å². The summed E-state index contributed by atoms with van der Waals surface area (Å²) in [5.41, 5.74) is 5.33. The highest BCUT2D eigenvalue weighted by Gasteiger charge is 2.28. The molecule has 0 aromatic carbocycles. The fraction of sp³-hybridized carbons (Fsp3) is 0.630. The quantitative estimate of drug-likeness (QED) is 0.0233. The minimum Gasteiger partial charge on any atom is -0.480 e. The van der Waals surface area contributed by atoms with E-state index in [-0.39, 0.29) is 19.4 Å². The van der Waals surface area contributed by atoms with Crippen molar-refractivity contribution in [3.8, 4) is 0 Å². The van der Waals surface area contributed by atoms with Crippen molar-refractivity contribution in [1.29, 1.82) is 0 Å². The number of nitrogens with two attached hydrogens (primary N) is 1. The number of carbonyl (C=O) groups excluding carboxylic acids is 2. The Morgan fingerprint density at radius 1 is 0.534 bits per heavy atom. The summed E-state index contributed by atoms with van der Waals surface area (Å²) in [5, 5.41) is 8.89. The smallest absolute Gasteiger partial charge is 0.472 e. The Balaban J connectivity index is 4.53. The van der Waals surface area contributed by atoms with Crippen molar-refractivity contribution in [2.24, 2.45) is 5.73 Å². The molecule has 58 heavy (non-hydrogen) atoms. The number of carboxylic acid groups (broad SMARTS) is 1. The number of aliphatic carboxylic acids is 1. The Hall–Kier alpha value is -3.34. The maximum absolute atomic E-state index is 12.6. The fourth-order valence-corrected chi connectivity index (χ4v) is 5.97. The number of unbranched alkanes of at least 4 members (excludes halogenated alkanes) is 11. The Labute approximate surface area is 350 Å². The Kier molecular flexibility index (Phi) is 38.1. The van der Waals surface area contributed by atoms with Crippen LogP contribution in [0.1, 0.15) is 155 Å². The van der Waals surface area contributed by atoms with Crippen molar-refractivity contribution in [2.45, 2.75) is 167 Å². The Morgan fingerprint density at radius 3 is 1.48 bits per heavy atom. The van der Waals surface area contributed by atoms with Crippen LogP contribution in [0.5, 0.6) is 0 Å². The second-order valence-corrected chi connectivity index (χ2v) is 15.6. The molecule has 4 N–H and O–H groups in total. The first-order valence-corrected chi connectivity index (χ1v) is 23.1. The van der Waals surface area contributed by atoms with Gasteiger partial charge < -0.3 is 25.2 Å². The molecule has 3 atom stereocenters. The van der Waals surface area contributed by atoms with Gasteiger partial charge in [-0.2, -0.15) is 0 Å². The zero-order valence-electron chi connectivity index (χ0n) is 35.6. The summed E-state index contributed by atoms with van der Waals surface area (Å²) in [6.45, 7) is 2.62. The molecule has 0 aromatic rings. The van der Waals surface area contributed by atoms with Gasteiger partial charge in [-0.25, -0.2) is 4.57 Å². The molecular weight excluding hydrogens is 757 g/mol. The summed E-state index contributed by atoms with van der Waals surface area (Å²) in [4.78, 5) is 45.9. The van der Waals surface area contributed by atoms with Crippen molar-refractivity contribution in [3.05, 3.63) is 85.1 Å². The van der Waals surface area contributed by atoms with Crippen LogP contribution in [0, 0.1) is 0 Å².